The third kappa shape index (κ3) is 3.82. The summed E-state index contributed by atoms with van der Waals surface area (Å²) in [4.78, 5) is 25.0. The lowest BCUT2D eigenvalue weighted by Gasteiger charge is -2.11. The van der Waals surface area contributed by atoms with Gasteiger partial charge in [-0.15, -0.1) is 0 Å². The van der Waals surface area contributed by atoms with Crippen molar-refractivity contribution in [2.75, 3.05) is 0 Å². The zero-order valence-corrected chi connectivity index (χ0v) is 12.7. The van der Waals surface area contributed by atoms with Crippen LogP contribution in [0, 0.1) is 10.1 Å². The van der Waals surface area contributed by atoms with Crippen molar-refractivity contribution in [3.8, 4) is 16.9 Å². The molecule has 0 bridgehead atoms. The summed E-state index contributed by atoms with van der Waals surface area (Å²) in [5, 5.41) is 19.9. The molecule has 7 nitrogen and oxygen atoms in total. The second kappa shape index (κ2) is 6.87. The summed E-state index contributed by atoms with van der Waals surface area (Å²) >= 11 is 0. The Morgan fingerprint density at radius 1 is 1.35 bits per heavy atom. The van der Waals surface area contributed by atoms with Crippen molar-refractivity contribution in [1.29, 1.82) is 0 Å². The lowest BCUT2D eigenvalue weighted by molar-refractivity contribution is -0.390. The number of hydrogen-bond donors (Lipinski definition) is 1. The highest BCUT2D eigenvalue weighted by Gasteiger charge is 2.23. The highest BCUT2D eigenvalue weighted by Crippen LogP contribution is 2.31. The van der Waals surface area contributed by atoms with Gasteiger partial charge in [0.1, 0.15) is 6.20 Å². The fraction of sp³-hybridized carbons (Fsp3) is 0.250. The van der Waals surface area contributed by atoms with Crippen molar-refractivity contribution in [1.82, 2.24) is 4.98 Å². The minimum atomic E-state index is -1.21. The molecule has 0 spiro atoms. The lowest BCUT2D eigenvalue weighted by atomic mass is 10.0. The molecular formula is C16H16N2O5. The molecule has 23 heavy (non-hydrogen) atoms. The molecule has 0 saturated carbocycles. The molecule has 1 aromatic heterocycles. The maximum absolute atomic E-state index is 11.0. The number of aromatic nitrogens is 1. The predicted molar refractivity (Wildman–Crippen MR) is 83.4 cm³/mol. The van der Waals surface area contributed by atoms with Gasteiger partial charge in [0.15, 0.2) is 6.10 Å². The van der Waals surface area contributed by atoms with Crippen LogP contribution in [0.15, 0.2) is 36.5 Å². The van der Waals surface area contributed by atoms with E-state index < -0.39 is 22.8 Å². The van der Waals surface area contributed by atoms with Gasteiger partial charge in [0.25, 0.3) is 0 Å². The van der Waals surface area contributed by atoms with Crippen LogP contribution in [0.3, 0.4) is 0 Å². The maximum atomic E-state index is 11.0. The molecule has 0 amide bonds. The van der Waals surface area contributed by atoms with Crippen LogP contribution in [0.25, 0.3) is 11.1 Å². The highest BCUT2D eigenvalue weighted by molar-refractivity contribution is 5.73. The summed E-state index contributed by atoms with van der Waals surface area (Å²) in [5.41, 5.74) is 2.60. The SMILES string of the molecule is CCc1ccc(-c2cnc([N+](=O)[O-])c(OC(C)C(=O)O)c2)cc1. The molecule has 1 aromatic carbocycles. The molecule has 1 atom stereocenters. The molecule has 0 aliphatic heterocycles. The molecule has 0 fully saturated rings. The fourth-order valence-electron chi connectivity index (χ4n) is 1.99. The normalized spacial score (nSPS) is 11.7. The predicted octanol–water partition coefficient (Wildman–Crippen LogP) is 3.07. The summed E-state index contributed by atoms with van der Waals surface area (Å²) in [6.45, 7) is 3.34. The van der Waals surface area contributed by atoms with Gasteiger partial charge in [-0.2, -0.15) is 0 Å². The van der Waals surface area contributed by atoms with Gasteiger partial charge in [-0.1, -0.05) is 31.2 Å². The van der Waals surface area contributed by atoms with Crippen molar-refractivity contribution < 1.29 is 19.6 Å². The zero-order chi connectivity index (χ0) is 17.0. The summed E-state index contributed by atoms with van der Waals surface area (Å²) < 4.78 is 5.17. The van der Waals surface area contributed by atoms with Gasteiger partial charge in [0, 0.05) is 11.6 Å². The van der Waals surface area contributed by atoms with Crippen LogP contribution >= 0.6 is 0 Å². The van der Waals surface area contributed by atoms with E-state index >= 15 is 0 Å². The van der Waals surface area contributed by atoms with Gasteiger partial charge >= 0.3 is 11.8 Å². The Hall–Kier alpha value is -2.96. The number of hydrogen-bond acceptors (Lipinski definition) is 5. The number of carboxylic acids is 1. The molecule has 0 aliphatic rings. The molecule has 0 aliphatic carbocycles. The number of aliphatic carboxylic acids is 1. The number of pyridine rings is 1. The van der Waals surface area contributed by atoms with Crippen molar-refractivity contribution >= 4 is 11.8 Å². The molecule has 120 valence electrons. The molecule has 2 aromatic rings. The number of nitrogens with zero attached hydrogens (tertiary/aromatic N) is 2. The average Bonchev–Trinajstić information content (AvgIpc) is 2.54. The van der Waals surface area contributed by atoms with E-state index in [0.717, 1.165) is 12.0 Å². The maximum Gasteiger partial charge on any atom is 0.406 e. The second-order valence-electron chi connectivity index (χ2n) is 4.95. The van der Waals surface area contributed by atoms with Gasteiger partial charge in [-0.25, -0.2) is 4.79 Å². The van der Waals surface area contributed by atoms with Crippen molar-refractivity contribution in [3.63, 3.8) is 0 Å². The average molecular weight is 316 g/mol. The molecule has 7 heteroatoms. The Balaban J connectivity index is 2.41. The van der Waals surface area contributed by atoms with Crippen LogP contribution in [0.5, 0.6) is 5.75 Å². The summed E-state index contributed by atoms with van der Waals surface area (Å²) in [7, 11) is 0. The molecular weight excluding hydrogens is 300 g/mol. The Kier molecular flexibility index (Phi) is 4.90. The Morgan fingerprint density at radius 3 is 2.52 bits per heavy atom. The Labute approximate surface area is 132 Å². The van der Waals surface area contributed by atoms with Crippen LogP contribution < -0.4 is 4.74 Å². The van der Waals surface area contributed by atoms with Gasteiger partial charge in [-0.3, -0.25) is 0 Å². The fourth-order valence-corrected chi connectivity index (χ4v) is 1.99. The Bertz CT molecular complexity index is 728. The van der Waals surface area contributed by atoms with Crippen molar-refractivity contribution in [2.24, 2.45) is 0 Å². The van der Waals surface area contributed by atoms with Crippen LogP contribution in [0.4, 0.5) is 5.82 Å². The molecule has 1 heterocycles. The highest BCUT2D eigenvalue weighted by atomic mass is 16.6. The summed E-state index contributed by atoms with van der Waals surface area (Å²) in [5.74, 6) is -1.88. The number of nitro groups is 1. The van der Waals surface area contributed by atoms with E-state index in [1.165, 1.54) is 24.8 Å². The molecule has 0 saturated heterocycles. The standard InChI is InChI=1S/C16H16N2O5/c1-3-11-4-6-12(7-5-11)13-8-14(23-10(2)16(19)20)15(17-9-13)18(21)22/h4-10H,3H2,1-2H3,(H,19,20). The van der Waals surface area contributed by atoms with E-state index in [1.807, 2.05) is 31.2 Å². The molecule has 1 unspecified atom stereocenters. The number of rotatable bonds is 6. The number of carboxylic acid groups (broad SMARTS) is 1. The molecule has 2 rings (SSSR count). The van der Waals surface area contributed by atoms with Crippen LogP contribution in [-0.2, 0) is 11.2 Å². The van der Waals surface area contributed by atoms with Crippen LogP contribution in [0.2, 0.25) is 0 Å². The van der Waals surface area contributed by atoms with Crippen LogP contribution in [-0.4, -0.2) is 27.1 Å². The quantitative estimate of drug-likeness (QED) is 0.649. The molecule has 1 N–H and O–H groups in total. The number of benzene rings is 1. The van der Waals surface area contributed by atoms with Crippen molar-refractivity contribution in [3.05, 3.63) is 52.2 Å². The minimum absolute atomic E-state index is 0.165. The summed E-state index contributed by atoms with van der Waals surface area (Å²) in [6, 6.07) is 9.11. The topological polar surface area (TPSA) is 103 Å². The largest absolute Gasteiger partial charge is 0.479 e. The number of carbonyl (C=O) groups is 1. The van der Waals surface area contributed by atoms with Crippen molar-refractivity contribution in [2.45, 2.75) is 26.4 Å². The third-order valence-corrected chi connectivity index (χ3v) is 3.35. The van der Waals surface area contributed by atoms with Gasteiger partial charge in [-0.05, 0) is 34.4 Å². The first-order chi connectivity index (χ1) is 10.9. The first-order valence-electron chi connectivity index (χ1n) is 7.05. The summed E-state index contributed by atoms with van der Waals surface area (Å²) in [6.07, 6.45) is 1.06. The van der Waals surface area contributed by atoms with Crippen LogP contribution in [0.1, 0.15) is 19.4 Å². The van der Waals surface area contributed by atoms with E-state index in [-0.39, 0.29) is 5.75 Å². The van der Waals surface area contributed by atoms with Gasteiger partial charge in [0.2, 0.25) is 5.75 Å². The van der Waals surface area contributed by atoms with E-state index in [9.17, 15) is 14.9 Å². The van der Waals surface area contributed by atoms with Gasteiger partial charge < -0.3 is 20.0 Å². The Morgan fingerprint density at radius 2 is 2.00 bits per heavy atom. The van der Waals surface area contributed by atoms with E-state index in [0.29, 0.717) is 5.56 Å². The minimum Gasteiger partial charge on any atom is -0.479 e. The smallest absolute Gasteiger partial charge is 0.406 e. The third-order valence-electron chi connectivity index (χ3n) is 3.35. The zero-order valence-electron chi connectivity index (χ0n) is 12.7. The van der Waals surface area contributed by atoms with Gasteiger partial charge in [0.05, 0.1) is 0 Å². The van der Waals surface area contributed by atoms with E-state index in [4.69, 9.17) is 9.84 Å². The monoisotopic (exact) mass is 316 g/mol. The second-order valence-corrected chi connectivity index (χ2v) is 4.95. The van der Waals surface area contributed by atoms with E-state index in [1.54, 1.807) is 0 Å². The first-order valence-corrected chi connectivity index (χ1v) is 7.05. The lowest BCUT2D eigenvalue weighted by Crippen LogP contribution is -2.23. The number of aryl methyl sites for hydroxylation is 1. The molecule has 0 radical (unpaired) electrons. The van der Waals surface area contributed by atoms with E-state index in [2.05, 4.69) is 4.98 Å². The first kappa shape index (κ1) is 16.4. The number of ether oxygens (including phenoxy) is 1.